The van der Waals surface area contributed by atoms with Crippen molar-refractivity contribution in [3.05, 3.63) is 68.9 Å². The van der Waals surface area contributed by atoms with E-state index >= 15 is 0 Å². The highest BCUT2D eigenvalue weighted by Gasteiger charge is 2.16. The number of nitro benzene ring substituents is 1. The van der Waals surface area contributed by atoms with E-state index in [0.717, 1.165) is 6.07 Å². The summed E-state index contributed by atoms with van der Waals surface area (Å²) in [4.78, 5) is 22.5. The molecule has 0 saturated heterocycles. The number of phenols is 1. The number of hydrogen-bond donors (Lipinski definition) is 3. The maximum Gasteiger partial charge on any atom is 0.273 e. The molecule has 0 aliphatic carbocycles. The van der Waals surface area contributed by atoms with Crippen LogP contribution >= 0.6 is 11.6 Å². The fraction of sp³-hybridized carbons (Fsp3) is 0.0588. The van der Waals surface area contributed by atoms with Crippen molar-refractivity contribution < 1.29 is 14.8 Å². The highest BCUT2D eigenvalue weighted by Crippen LogP contribution is 2.31. The number of aromatic hydroxyl groups is 1. The van der Waals surface area contributed by atoms with Crippen LogP contribution in [0.15, 0.2) is 42.5 Å². The molecule has 1 aromatic heterocycles. The molecule has 132 valence electrons. The van der Waals surface area contributed by atoms with E-state index in [4.69, 9.17) is 11.6 Å². The van der Waals surface area contributed by atoms with Gasteiger partial charge in [0, 0.05) is 17.7 Å². The van der Waals surface area contributed by atoms with E-state index in [1.165, 1.54) is 18.2 Å². The Morgan fingerprint density at radius 3 is 2.77 bits per heavy atom. The number of aryl methyl sites for hydroxylation is 1. The van der Waals surface area contributed by atoms with Crippen molar-refractivity contribution in [1.82, 2.24) is 10.2 Å². The third-order valence-corrected chi connectivity index (χ3v) is 4.06. The van der Waals surface area contributed by atoms with Gasteiger partial charge >= 0.3 is 0 Å². The predicted molar refractivity (Wildman–Crippen MR) is 96.5 cm³/mol. The molecule has 0 aliphatic rings. The summed E-state index contributed by atoms with van der Waals surface area (Å²) < 4.78 is 0. The lowest BCUT2D eigenvalue weighted by Gasteiger charge is -2.05. The molecule has 26 heavy (non-hydrogen) atoms. The Hall–Kier alpha value is -3.39. The number of carbonyl (C=O) groups excluding carboxylic acids is 1. The molecule has 3 N–H and O–H groups in total. The van der Waals surface area contributed by atoms with Crippen LogP contribution in [0.3, 0.4) is 0 Å². The minimum absolute atomic E-state index is 0.0450. The van der Waals surface area contributed by atoms with E-state index < -0.39 is 10.8 Å². The van der Waals surface area contributed by atoms with Crippen molar-refractivity contribution in [3.63, 3.8) is 0 Å². The monoisotopic (exact) mass is 372 g/mol. The van der Waals surface area contributed by atoms with Gasteiger partial charge in [0.05, 0.1) is 21.3 Å². The standard InChI is InChI=1S/C17H13ClN4O4/c1-9-3-2-4-11(16(9)23)14-8-15(21-20-14)17(24)19-13-6-5-10(22(25)26)7-12(13)18/h2-8,23H,1H3,(H,19,24)(H,20,21). The number of rotatable bonds is 4. The number of halogens is 1. The van der Waals surface area contributed by atoms with Gasteiger partial charge < -0.3 is 10.4 Å². The molecule has 0 saturated carbocycles. The molecule has 0 atom stereocenters. The zero-order valence-electron chi connectivity index (χ0n) is 13.5. The molecule has 0 fully saturated rings. The lowest BCUT2D eigenvalue weighted by molar-refractivity contribution is -0.384. The molecule has 0 aliphatic heterocycles. The number of nitro groups is 1. The second kappa shape index (κ2) is 6.85. The number of nitrogens with one attached hydrogen (secondary N) is 2. The van der Waals surface area contributed by atoms with Crippen molar-refractivity contribution in [3.8, 4) is 17.0 Å². The van der Waals surface area contributed by atoms with Crippen molar-refractivity contribution in [2.45, 2.75) is 6.92 Å². The molecule has 3 rings (SSSR count). The number of amides is 1. The van der Waals surface area contributed by atoms with Gasteiger partial charge in [-0.25, -0.2) is 0 Å². The van der Waals surface area contributed by atoms with E-state index in [0.29, 0.717) is 16.8 Å². The molecule has 1 amide bonds. The van der Waals surface area contributed by atoms with E-state index in [9.17, 15) is 20.0 Å². The van der Waals surface area contributed by atoms with Gasteiger partial charge in [-0.3, -0.25) is 20.0 Å². The van der Waals surface area contributed by atoms with Crippen LogP contribution in [0.1, 0.15) is 16.1 Å². The van der Waals surface area contributed by atoms with E-state index in [1.807, 2.05) is 0 Å². The second-order valence-corrected chi connectivity index (χ2v) is 5.92. The molecular formula is C17H13ClN4O4. The number of hydrogen-bond acceptors (Lipinski definition) is 5. The van der Waals surface area contributed by atoms with Crippen LogP contribution in [0.4, 0.5) is 11.4 Å². The average Bonchev–Trinajstić information content (AvgIpc) is 3.09. The Labute approximate surface area is 152 Å². The van der Waals surface area contributed by atoms with E-state index in [-0.39, 0.29) is 27.8 Å². The molecule has 3 aromatic rings. The number of anilines is 1. The number of benzene rings is 2. The number of nitrogens with zero attached hydrogens (tertiary/aromatic N) is 2. The van der Waals surface area contributed by atoms with Gasteiger partial charge in [0.2, 0.25) is 0 Å². The number of para-hydroxylation sites is 1. The first-order chi connectivity index (χ1) is 12.4. The second-order valence-electron chi connectivity index (χ2n) is 5.51. The first-order valence-electron chi connectivity index (χ1n) is 7.46. The normalized spacial score (nSPS) is 10.5. The Balaban J connectivity index is 1.83. The van der Waals surface area contributed by atoms with Crippen molar-refractivity contribution in [1.29, 1.82) is 0 Å². The van der Waals surface area contributed by atoms with Gasteiger partial charge in [-0.15, -0.1) is 0 Å². The van der Waals surface area contributed by atoms with E-state index in [2.05, 4.69) is 15.5 Å². The zero-order chi connectivity index (χ0) is 18.8. The minimum atomic E-state index is -0.576. The number of carbonyl (C=O) groups is 1. The molecule has 1 heterocycles. The number of aromatic nitrogens is 2. The Bertz CT molecular complexity index is 1020. The summed E-state index contributed by atoms with van der Waals surface area (Å²) in [7, 11) is 0. The topological polar surface area (TPSA) is 121 Å². The lowest BCUT2D eigenvalue weighted by atomic mass is 10.1. The third kappa shape index (κ3) is 3.35. The van der Waals surface area contributed by atoms with Gasteiger partial charge in [0.1, 0.15) is 11.4 Å². The van der Waals surface area contributed by atoms with Gasteiger partial charge in [-0.1, -0.05) is 23.7 Å². The van der Waals surface area contributed by atoms with Crippen LogP contribution in [-0.2, 0) is 0 Å². The van der Waals surface area contributed by atoms with Crippen LogP contribution in [0, 0.1) is 17.0 Å². The molecule has 0 radical (unpaired) electrons. The average molecular weight is 373 g/mol. The molecule has 0 spiro atoms. The van der Waals surface area contributed by atoms with Gasteiger partial charge in [0.25, 0.3) is 11.6 Å². The van der Waals surface area contributed by atoms with Crippen LogP contribution in [0.2, 0.25) is 5.02 Å². The SMILES string of the molecule is Cc1cccc(-c2cc(C(=O)Nc3ccc([N+](=O)[O-])cc3Cl)[nH]n2)c1O. The Kier molecular flexibility index (Phi) is 4.59. The number of phenolic OH excluding ortho intramolecular Hbond substituents is 1. The fourth-order valence-electron chi connectivity index (χ4n) is 2.35. The van der Waals surface area contributed by atoms with Gasteiger partial charge in [-0.2, -0.15) is 5.10 Å². The fourth-order valence-corrected chi connectivity index (χ4v) is 2.57. The highest BCUT2D eigenvalue weighted by atomic mass is 35.5. The summed E-state index contributed by atoms with van der Waals surface area (Å²) in [5, 5.41) is 30.1. The molecule has 9 heteroatoms. The summed E-state index contributed by atoms with van der Waals surface area (Å²) in [6, 6.07) is 10.5. The van der Waals surface area contributed by atoms with Crippen molar-refractivity contribution in [2.24, 2.45) is 0 Å². The number of H-pyrrole nitrogens is 1. The molecule has 2 aromatic carbocycles. The van der Waals surface area contributed by atoms with Crippen LogP contribution in [0.25, 0.3) is 11.3 Å². The maximum absolute atomic E-state index is 12.3. The Morgan fingerprint density at radius 2 is 2.08 bits per heavy atom. The van der Waals surface area contributed by atoms with Gasteiger partial charge in [0.15, 0.2) is 0 Å². The summed E-state index contributed by atoms with van der Waals surface area (Å²) in [5.41, 5.74) is 1.80. The highest BCUT2D eigenvalue weighted by molar-refractivity contribution is 6.34. The smallest absolute Gasteiger partial charge is 0.273 e. The number of non-ortho nitro benzene ring substituents is 1. The van der Waals surface area contributed by atoms with E-state index in [1.54, 1.807) is 25.1 Å². The predicted octanol–water partition coefficient (Wildman–Crippen LogP) is 3.90. The van der Waals surface area contributed by atoms with Crippen molar-refractivity contribution in [2.75, 3.05) is 5.32 Å². The van der Waals surface area contributed by atoms with Crippen molar-refractivity contribution >= 4 is 28.9 Å². The summed E-state index contributed by atoms with van der Waals surface area (Å²) in [6.45, 7) is 1.76. The maximum atomic E-state index is 12.3. The third-order valence-electron chi connectivity index (χ3n) is 3.75. The van der Waals surface area contributed by atoms with Crippen LogP contribution in [-0.4, -0.2) is 26.1 Å². The largest absolute Gasteiger partial charge is 0.507 e. The first kappa shape index (κ1) is 17.4. The zero-order valence-corrected chi connectivity index (χ0v) is 14.2. The molecule has 0 unspecified atom stereocenters. The van der Waals surface area contributed by atoms with Crippen LogP contribution in [0.5, 0.6) is 5.75 Å². The molecule has 0 bridgehead atoms. The first-order valence-corrected chi connectivity index (χ1v) is 7.84. The molecule has 8 nitrogen and oxygen atoms in total. The van der Waals surface area contributed by atoms with Gasteiger partial charge in [-0.05, 0) is 30.7 Å². The minimum Gasteiger partial charge on any atom is -0.507 e. The summed E-state index contributed by atoms with van der Waals surface area (Å²) >= 11 is 5.97. The van der Waals surface area contributed by atoms with Crippen LogP contribution < -0.4 is 5.32 Å². The molecular weight excluding hydrogens is 360 g/mol. The summed E-state index contributed by atoms with van der Waals surface area (Å²) in [6.07, 6.45) is 0. The summed E-state index contributed by atoms with van der Waals surface area (Å²) in [5.74, 6) is -0.434. The lowest BCUT2D eigenvalue weighted by Crippen LogP contribution is -2.12. The quantitative estimate of drug-likeness (QED) is 0.473. The number of aromatic amines is 1. The Morgan fingerprint density at radius 1 is 1.31 bits per heavy atom.